The molecule has 1 heterocycles. The zero-order chi connectivity index (χ0) is 14.4. The fourth-order valence-electron chi connectivity index (χ4n) is 1.55. The summed E-state index contributed by atoms with van der Waals surface area (Å²) < 4.78 is 5.23. The molecular formula is C14H13ClN2O3. The van der Waals surface area contributed by atoms with Crippen LogP contribution in [0.1, 0.15) is 10.4 Å². The molecule has 2 aromatic rings. The number of aromatic nitrogens is 1. The average molecular weight is 293 g/mol. The minimum absolute atomic E-state index is 0.0437. The summed E-state index contributed by atoms with van der Waals surface area (Å²) in [6.45, 7) is 0.189. The molecule has 0 radical (unpaired) electrons. The van der Waals surface area contributed by atoms with Gasteiger partial charge in [-0.3, -0.25) is 4.79 Å². The molecule has 0 fully saturated rings. The van der Waals surface area contributed by atoms with Gasteiger partial charge in [0.05, 0.1) is 12.2 Å². The smallest absolute Gasteiger partial charge is 0.258 e. The molecule has 0 aliphatic rings. The summed E-state index contributed by atoms with van der Waals surface area (Å²) in [5.74, 6) is 0.295. The topological polar surface area (TPSA) is 71.5 Å². The maximum Gasteiger partial charge on any atom is 0.258 e. The van der Waals surface area contributed by atoms with E-state index >= 15 is 0 Å². The number of hydrogen-bond acceptors (Lipinski definition) is 4. The first-order valence-corrected chi connectivity index (χ1v) is 6.34. The first-order chi connectivity index (χ1) is 9.70. The largest absolute Gasteiger partial charge is 0.491 e. The third-order valence-electron chi connectivity index (χ3n) is 2.48. The van der Waals surface area contributed by atoms with Gasteiger partial charge < -0.3 is 15.2 Å². The van der Waals surface area contributed by atoms with Gasteiger partial charge in [-0.25, -0.2) is 4.98 Å². The molecule has 2 rings (SSSR count). The van der Waals surface area contributed by atoms with Crippen molar-refractivity contribution in [2.75, 3.05) is 18.5 Å². The van der Waals surface area contributed by atoms with E-state index in [1.54, 1.807) is 36.4 Å². The average Bonchev–Trinajstić information content (AvgIpc) is 2.47. The van der Waals surface area contributed by atoms with Gasteiger partial charge in [0.1, 0.15) is 17.5 Å². The third-order valence-corrected chi connectivity index (χ3v) is 2.78. The lowest BCUT2D eigenvalue weighted by Gasteiger charge is -2.08. The monoisotopic (exact) mass is 292 g/mol. The van der Waals surface area contributed by atoms with Gasteiger partial charge in [0.25, 0.3) is 5.91 Å². The Bertz CT molecular complexity index is 587. The van der Waals surface area contributed by atoms with E-state index in [1.165, 1.54) is 6.20 Å². The number of nitrogens with one attached hydrogen (secondary N) is 1. The fraction of sp³-hybridized carbons (Fsp3) is 0.143. The van der Waals surface area contributed by atoms with E-state index in [4.69, 9.17) is 21.4 Å². The number of halogens is 1. The minimum Gasteiger partial charge on any atom is -0.491 e. The Morgan fingerprint density at radius 3 is 2.70 bits per heavy atom. The number of carbonyl (C=O) groups is 1. The lowest BCUT2D eigenvalue weighted by molar-refractivity contribution is 0.102. The van der Waals surface area contributed by atoms with Crippen molar-refractivity contribution < 1.29 is 14.6 Å². The molecular weight excluding hydrogens is 280 g/mol. The van der Waals surface area contributed by atoms with Crippen molar-refractivity contribution in [3.05, 3.63) is 53.3 Å². The number of nitrogens with zero attached hydrogens (tertiary/aromatic N) is 1. The SMILES string of the molecule is O=C(Nc1ccc(OCCO)cc1)c1cccnc1Cl. The Hall–Kier alpha value is -2.11. The van der Waals surface area contributed by atoms with E-state index in [0.29, 0.717) is 17.0 Å². The van der Waals surface area contributed by atoms with Crippen LogP contribution in [0.15, 0.2) is 42.6 Å². The van der Waals surface area contributed by atoms with Gasteiger partial charge in [-0.2, -0.15) is 0 Å². The molecule has 2 N–H and O–H groups in total. The van der Waals surface area contributed by atoms with Crippen LogP contribution >= 0.6 is 11.6 Å². The highest BCUT2D eigenvalue weighted by Crippen LogP contribution is 2.18. The Morgan fingerprint density at radius 1 is 1.30 bits per heavy atom. The van der Waals surface area contributed by atoms with Crippen LogP contribution in [0, 0.1) is 0 Å². The fourth-order valence-corrected chi connectivity index (χ4v) is 1.76. The lowest BCUT2D eigenvalue weighted by atomic mass is 10.2. The van der Waals surface area contributed by atoms with E-state index in [-0.39, 0.29) is 24.3 Å². The van der Waals surface area contributed by atoms with Gasteiger partial charge in [0, 0.05) is 11.9 Å². The standard InChI is InChI=1S/C14H13ClN2O3/c15-13-12(2-1-7-16-13)14(19)17-10-3-5-11(6-4-10)20-9-8-18/h1-7,18H,8-9H2,(H,17,19). The normalized spacial score (nSPS) is 10.1. The molecule has 0 bridgehead atoms. The van der Waals surface area contributed by atoms with Crippen molar-refractivity contribution in [3.63, 3.8) is 0 Å². The van der Waals surface area contributed by atoms with Crippen molar-refractivity contribution in [1.82, 2.24) is 4.98 Å². The molecule has 1 amide bonds. The quantitative estimate of drug-likeness (QED) is 0.830. The molecule has 0 unspecified atom stereocenters. The number of hydrogen-bond donors (Lipinski definition) is 2. The number of aliphatic hydroxyl groups excluding tert-OH is 1. The first-order valence-electron chi connectivity index (χ1n) is 5.96. The molecule has 0 spiro atoms. The zero-order valence-electron chi connectivity index (χ0n) is 10.5. The van der Waals surface area contributed by atoms with Crippen LogP contribution in [0.2, 0.25) is 5.15 Å². The summed E-state index contributed by atoms with van der Waals surface area (Å²) in [5, 5.41) is 11.5. The van der Waals surface area contributed by atoms with E-state index < -0.39 is 0 Å². The minimum atomic E-state index is -0.327. The number of pyridine rings is 1. The molecule has 0 aliphatic carbocycles. The van der Waals surface area contributed by atoms with Crippen LogP contribution in [0.5, 0.6) is 5.75 Å². The summed E-state index contributed by atoms with van der Waals surface area (Å²) >= 11 is 5.85. The lowest BCUT2D eigenvalue weighted by Crippen LogP contribution is -2.12. The summed E-state index contributed by atoms with van der Waals surface area (Å²) in [6.07, 6.45) is 1.52. The van der Waals surface area contributed by atoms with Gasteiger partial charge >= 0.3 is 0 Å². The number of ether oxygens (including phenoxy) is 1. The first kappa shape index (κ1) is 14.3. The number of benzene rings is 1. The number of anilines is 1. The highest BCUT2D eigenvalue weighted by molar-refractivity contribution is 6.33. The number of aliphatic hydroxyl groups is 1. The summed E-state index contributed by atoms with van der Waals surface area (Å²) in [4.78, 5) is 15.8. The molecule has 0 saturated carbocycles. The van der Waals surface area contributed by atoms with Crippen molar-refractivity contribution >= 4 is 23.2 Å². The Morgan fingerprint density at radius 2 is 2.05 bits per heavy atom. The van der Waals surface area contributed by atoms with Gasteiger partial charge in [0.15, 0.2) is 0 Å². The summed E-state index contributed by atoms with van der Waals surface area (Å²) in [7, 11) is 0. The molecule has 5 nitrogen and oxygen atoms in total. The van der Waals surface area contributed by atoms with Gasteiger partial charge in [-0.1, -0.05) is 11.6 Å². The van der Waals surface area contributed by atoms with Gasteiger partial charge in [-0.15, -0.1) is 0 Å². The highest BCUT2D eigenvalue weighted by atomic mass is 35.5. The predicted octanol–water partition coefficient (Wildman–Crippen LogP) is 2.36. The molecule has 104 valence electrons. The predicted molar refractivity (Wildman–Crippen MR) is 76.2 cm³/mol. The molecule has 6 heteroatoms. The number of carbonyl (C=O) groups excluding carboxylic acids is 1. The van der Waals surface area contributed by atoms with Crippen LogP contribution in [-0.2, 0) is 0 Å². The van der Waals surface area contributed by atoms with Crippen LogP contribution < -0.4 is 10.1 Å². The van der Waals surface area contributed by atoms with Crippen LogP contribution in [-0.4, -0.2) is 29.2 Å². The molecule has 1 aromatic carbocycles. The van der Waals surface area contributed by atoms with E-state index in [0.717, 1.165) is 0 Å². The molecule has 0 aliphatic heterocycles. The van der Waals surface area contributed by atoms with Gasteiger partial charge in [-0.05, 0) is 36.4 Å². The van der Waals surface area contributed by atoms with E-state index in [1.807, 2.05) is 0 Å². The Labute approximate surface area is 121 Å². The van der Waals surface area contributed by atoms with Crippen molar-refractivity contribution in [2.45, 2.75) is 0 Å². The van der Waals surface area contributed by atoms with Crippen molar-refractivity contribution in [3.8, 4) is 5.75 Å². The van der Waals surface area contributed by atoms with Crippen LogP contribution in [0.4, 0.5) is 5.69 Å². The molecule has 1 aromatic heterocycles. The second-order valence-corrected chi connectivity index (χ2v) is 4.25. The molecule has 0 saturated heterocycles. The molecule has 20 heavy (non-hydrogen) atoms. The Kier molecular flexibility index (Phi) is 4.92. The summed E-state index contributed by atoms with van der Waals surface area (Å²) in [5.41, 5.74) is 0.932. The second-order valence-electron chi connectivity index (χ2n) is 3.89. The summed E-state index contributed by atoms with van der Waals surface area (Å²) in [6, 6.07) is 10.1. The Balaban J connectivity index is 2.03. The number of rotatable bonds is 5. The number of amides is 1. The van der Waals surface area contributed by atoms with Gasteiger partial charge in [0.2, 0.25) is 0 Å². The maximum atomic E-state index is 12.0. The van der Waals surface area contributed by atoms with Crippen molar-refractivity contribution in [2.24, 2.45) is 0 Å². The second kappa shape index (κ2) is 6.88. The van der Waals surface area contributed by atoms with E-state index in [2.05, 4.69) is 10.3 Å². The highest BCUT2D eigenvalue weighted by Gasteiger charge is 2.10. The molecule has 0 atom stereocenters. The van der Waals surface area contributed by atoms with E-state index in [9.17, 15) is 4.79 Å². The van der Waals surface area contributed by atoms with Crippen molar-refractivity contribution in [1.29, 1.82) is 0 Å². The zero-order valence-corrected chi connectivity index (χ0v) is 11.3. The third kappa shape index (κ3) is 3.69. The maximum absolute atomic E-state index is 12.0. The van der Waals surface area contributed by atoms with Crippen LogP contribution in [0.3, 0.4) is 0 Å². The van der Waals surface area contributed by atoms with Crippen LogP contribution in [0.25, 0.3) is 0 Å².